The van der Waals surface area contributed by atoms with Crippen LogP contribution in [0.2, 0.25) is 0 Å². The van der Waals surface area contributed by atoms with Crippen molar-refractivity contribution in [1.29, 1.82) is 0 Å². The van der Waals surface area contributed by atoms with Crippen molar-refractivity contribution >= 4 is 10.9 Å². The largest absolute Gasteiger partial charge is 0.379 e. The SMILES string of the molecule is Cc1[nH]c2ccc(CC3COCCN3)cc2c1C. The topological polar surface area (TPSA) is 37.0 Å². The van der Waals surface area contributed by atoms with Gasteiger partial charge >= 0.3 is 0 Å². The van der Waals surface area contributed by atoms with Gasteiger partial charge in [-0.05, 0) is 43.5 Å². The molecule has 1 fully saturated rings. The second kappa shape index (κ2) is 4.75. The Hall–Kier alpha value is -1.32. The second-order valence-electron chi connectivity index (χ2n) is 5.19. The molecule has 18 heavy (non-hydrogen) atoms. The maximum atomic E-state index is 5.50. The predicted molar refractivity (Wildman–Crippen MR) is 74.1 cm³/mol. The average molecular weight is 244 g/mol. The Balaban J connectivity index is 1.85. The molecule has 2 aromatic rings. The summed E-state index contributed by atoms with van der Waals surface area (Å²) < 4.78 is 5.50. The van der Waals surface area contributed by atoms with Gasteiger partial charge in [-0.2, -0.15) is 0 Å². The van der Waals surface area contributed by atoms with E-state index in [2.05, 4.69) is 42.3 Å². The second-order valence-corrected chi connectivity index (χ2v) is 5.19. The minimum absolute atomic E-state index is 0.455. The van der Waals surface area contributed by atoms with Crippen molar-refractivity contribution in [3.05, 3.63) is 35.0 Å². The zero-order chi connectivity index (χ0) is 12.5. The molecule has 96 valence electrons. The molecular formula is C15H20N2O. The number of aromatic nitrogens is 1. The lowest BCUT2D eigenvalue weighted by Gasteiger charge is -2.23. The molecule has 1 atom stereocenters. The van der Waals surface area contributed by atoms with E-state index in [4.69, 9.17) is 4.74 Å². The number of aryl methyl sites for hydroxylation is 2. The number of H-pyrrole nitrogens is 1. The zero-order valence-corrected chi connectivity index (χ0v) is 11.0. The molecule has 0 saturated carbocycles. The summed E-state index contributed by atoms with van der Waals surface area (Å²) in [5, 5.41) is 4.85. The molecule has 1 aliphatic heterocycles. The van der Waals surface area contributed by atoms with Crippen LogP contribution in [0.1, 0.15) is 16.8 Å². The van der Waals surface area contributed by atoms with E-state index in [0.717, 1.165) is 26.2 Å². The third-order valence-corrected chi connectivity index (χ3v) is 3.85. The number of rotatable bonds is 2. The lowest BCUT2D eigenvalue weighted by Crippen LogP contribution is -2.42. The van der Waals surface area contributed by atoms with E-state index in [-0.39, 0.29) is 0 Å². The number of benzene rings is 1. The van der Waals surface area contributed by atoms with Gasteiger partial charge in [-0.1, -0.05) is 6.07 Å². The van der Waals surface area contributed by atoms with Crippen molar-refractivity contribution in [3.63, 3.8) is 0 Å². The van der Waals surface area contributed by atoms with Crippen LogP contribution < -0.4 is 5.32 Å². The molecule has 0 radical (unpaired) electrons. The average Bonchev–Trinajstić information content (AvgIpc) is 2.67. The fourth-order valence-corrected chi connectivity index (χ4v) is 2.67. The Kier molecular flexibility index (Phi) is 3.10. The Labute approximate surface area is 108 Å². The molecule has 3 heteroatoms. The highest BCUT2D eigenvalue weighted by atomic mass is 16.5. The van der Waals surface area contributed by atoms with Gasteiger partial charge < -0.3 is 15.0 Å². The summed E-state index contributed by atoms with van der Waals surface area (Å²) in [7, 11) is 0. The molecule has 0 aliphatic carbocycles. The van der Waals surface area contributed by atoms with E-state index >= 15 is 0 Å². The molecule has 0 bridgehead atoms. The lowest BCUT2D eigenvalue weighted by atomic mass is 10.0. The van der Waals surface area contributed by atoms with Gasteiger partial charge in [-0.15, -0.1) is 0 Å². The molecule has 0 amide bonds. The van der Waals surface area contributed by atoms with Gasteiger partial charge in [-0.3, -0.25) is 0 Å². The van der Waals surface area contributed by atoms with Gasteiger partial charge in [0, 0.05) is 29.2 Å². The van der Waals surface area contributed by atoms with Crippen LogP contribution in [0, 0.1) is 13.8 Å². The molecule has 1 saturated heterocycles. The molecule has 3 rings (SSSR count). The van der Waals surface area contributed by atoms with Crippen molar-refractivity contribution < 1.29 is 4.74 Å². The molecule has 1 aliphatic rings. The van der Waals surface area contributed by atoms with Crippen molar-refractivity contribution in [1.82, 2.24) is 10.3 Å². The quantitative estimate of drug-likeness (QED) is 0.850. The molecule has 1 aromatic carbocycles. The zero-order valence-electron chi connectivity index (χ0n) is 11.0. The van der Waals surface area contributed by atoms with Gasteiger partial charge in [0.05, 0.1) is 13.2 Å². The maximum Gasteiger partial charge on any atom is 0.0623 e. The minimum atomic E-state index is 0.455. The van der Waals surface area contributed by atoms with Crippen molar-refractivity contribution in [2.24, 2.45) is 0 Å². The first-order valence-electron chi connectivity index (χ1n) is 6.63. The number of hydrogen-bond donors (Lipinski definition) is 2. The molecule has 2 heterocycles. The first-order chi connectivity index (χ1) is 8.74. The van der Waals surface area contributed by atoms with E-state index in [1.165, 1.54) is 27.7 Å². The first kappa shape index (κ1) is 11.8. The minimum Gasteiger partial charge on any atom is -0.379 e. The monoisotopic (exact) mass is 244 g/mol. The highest BCUT2D eigenvalue weighted by Gasteiger charge is 2.14. The summed E-state index contributed by atoms with van der Waals surface area (Å²) in [5.41, 5.74) is 5.25. The van der Waals surface area contributed by atoms with Gasteiger partial charge in [0.1, 0.15) is 0 Å². The van der Waals surface area contributed by atoms with Crippen LogP contribution in [-0.2, 0) is 11.2 Å². The summed E-state index contributed by atoms with van der Waals surface area (Å²) in [4.78, 5) is 3.42. The standard InChI is InChI=1S/C15H20N2O/c1-10-11(2)17-15-4-3-12(8-14(10)15)7-13-9-18-6-5-16-13/h3-4,8,13,16-17H,5-7,9H2,1-2H3. The Bertz CT molecular complexity index is 553. The lowest BCUT2D eigenvalue weighted by molar-refractivity contribution is 0.0770. The molecule has 2 N–H and O–H groups in total. The Morgan fingerprint density at radius 1 is 1.33 bits per heavy atom. The first-order valence-corrected chi connectivity index (χ1v) is 6.63. The van der Waals surface area contributed by atoms with Crippen molar-refractivity contribution in [2.45, 2.75) is 26.3 Å². The summed E-state index contributed by atoms with van der Waals surface area (Å²) in [6.45, 7) is 6.94. The highest BCUT2D eigenvalue weighted by molar-refractivity contribution is 5.85. The third kappa shape index (κ3) is 2.16. The third-order valence-electron chi connectivity index (χ3n) is 3.85. The Morgan fingerprint density at radius 2 is 2.22 bits per heavy atom. The van der Waals surface area contributed by atoms with Crippen LogP contribution >= 0.6 is 0 Å². The summed E-state index contributed by atoms with van der Waals surface area (Å²) in [6.07, 6.45) is 1.04. The van der Waals surface area contributed by atoms with E-state index in [0.29, 0.717) is 6.04 Å². The van der Waals surface area contributed by atoms with Gasteiger partial charge in [0.2, 0.25) is 0 Å². The summed E-state index contributed by atoms with van der Waals surface area (Å²) in [6, 6.07) is 7.17. The van der Waals surface area contributed by atoms with Crippen LogP contribution in [0.3, 0.4) is 0 Å². The number of nitrogens with one attached hydrogen (secondary N) is 2. The van der Waals surface area contributed by atoms with E-state index in [1.54, 1.807) is 0 Å². The highest BCUT2D eigenvalue weighted by Crippen LogP contribution is 2.23. The fourth-order valence-electron chi connectivity index (χ4n) is 2.67. The molecule has 1 unspecified atom stereocenters. The number of morpholine rings is 1. The summed E-state index contributed by atoms with van der Waals surface area (Å²) in [5.74, 6) is 0. The number of aromatic amines is 1. The van der Waals surface area contributed by atoms with Crippen molar-refractivity contribution in [2.75, 3.05) is 19.8 Å². The maximum absolute atomic E-state index is 5.50. The fraction of sp³-hybridized carbons (Fsp3) is 0.467. The van der Waals surface area contributed by atoms with Crippen LogP contribution in [0.4, 0.5) is 0 Å². The van der Waals surface area contributed by atoms with E-state index in [1.807, 2.05) is 0 Å². The predicted octanol–water partition coefficient (Wildman–Crippen LogP) is 2.32. The number of hydrogen-bond acceptors (Lipinski definition) is 2. The molecular weight excluding hydrogens is 224 g/mol. The number of ether oxygens (including phenoxy) is 1. The molecule has 1 aromatic heterocycles. The van der Waals surface area contributed by atoms with Crippen LogP contribution in [0.15, 0.2) is 18.2 Å². The van der Waals surface area contributed by atoms with Gasteiger partial charge in [0.25, 0.3) is 0 Å². The van der Waals surface area contributed by atoms with Crippen molar-refractivity contribution in [3.8, 4) is 0 Å². The van der Waals surface area contributed by atoms with Gasteiger partial charge in [0.15, 0.2) is 0 Å². The summed E-state index contributed by atoms with van der Waals surface area (Å²) >= 11 is 0. The molecule has 0 spiro atoms. The van der Waals surface area contributed by atoms with Crippen LogP contribution in [-0.4, -0.2) is 30.8 Å². The van der Waals surface area contributed by atoms with E-state index in [9.17, 15) is 0 Å². The van der Waals surface area contributed by atoms with Crippen LogP contribution in [0.5, 0.6) is 0 Å². The normalized spacial score (nSPS) is 20.4. The van der Waals surface area contributed by atoms with Gasteiger partial charge in [-0.25, -0.2) is 0 Å². The van der Waals surface area contributed by atoms with Crippen LogP contribution in [0.25, 0.3) is 10.9 Å². The number of fused-ring (bicyclic) bond motifs is 1. The molecule has 3 nitrogen and oxygen atoms in total. The Morgan fingerprint density at radius 3 is 3.00 bits per heavy atom. The smallest absolute Gasteiger partial charge is 0.0623 e. The van der Waals surface area contributed by atoms with E-state index < -0.39 is 0 Å².